The van der Waals surface area contributed by atoms with Crippen LogP contribution >= 0.6 is 11.6 Å². The van der Waals surface area contributed by atoms with Crippen LogP contribution in [0.5, 0.6) is 5.75 Å². The summed E-state index contributed by atoms with van der Waals surface area (Å²) in [7, 11) is 1.59. The monoisotopic (exact) mass is 460 g/mol. The van der Waals surface area contributed by atoms with Gasteiger partial charge in [0.05, 0.1) is 7.11 Å². The molecule has 1 amide bonds. The number of hydrogen-bond acceptors (Lipinski definition) is 3. The van der Waals surface area contributed by atoms with Crippen LogP contribution in [0.25, 0.3) is 10.9 Å². The Morgan fingerprint density at radius 3 is 2.64 bits per heavy atom. The number of carbonyl (C=O) groups excluding carboxylic acids is 1. The van der Waals surface area contributed by atoms with E-state index in [1.165, 1.54) is 10.9 Å². The molecule has 6 nitrogen and oxygen atoms in total. The van der Waals surface area contributed by atoms with Crippen LogP contribution in [0.3, 0.4) is 0 Å². The van der Waals surface area contributed by atoms with Gasteiger partial charge in [-0.3, -0.25) is 15.1 Å². The number of H-pyrrole nitrogens is 1. The van der Waals surface area contributed by atoms with E-state index in [-0.39, 0.29) is 5.91 Å². The zero-order chi connectivity index (χ0) is 23.2. The summed E-state index contributed by atoms with van der Waals surface area (Å²) in [4.78, 5) is 20.8. The Bertz CT molecular complexity index is 1300. The van der Waals surface area contributed by atoms with E-state index >= 15 is 0 Å². The SMILES string of the molecule is COc1ccc(C(=O)NC(=NCCc2c[nH]c3ccccc23)Nc2cccc(Cl)c2C)cc1. The average molecular weight is 461 g/mol. The zero-order valence-corrected chi connectivity index (χ0v) is 19.2. The number of carbonyl (C=O) groups is 1. The number of nitrogens with one attached hydrogen (secondary N) is 3. The molecule has 0 saturated heterocycles. The van der Waals surface area contributed by atoms with Gasteiger partial charge in [-0.2, -0.15) is 0 Å². The van der Waals surface area contributed by atoms with Gasteiger partial charge in [0.25, 0.3) is 5.91 Å². The molecule has 1 aromatic heterocycles. The van der Waals surface area contributed by atoms with Gasteiger partial charge in [-0.25, -0.2) is 0 Å². The summed E-state index contributed by atoms with van der Waals surface area (Å²) in [5.41, 5.74) is 4.43. The van der Waals surface area contributed by atoms with Crippen molar-refractivity contribution in [2.75, 3.05) is 19.0 Å². The molecule has 0 aliphatic carbocycles. The second-order valence-electron chi connectivity index (χ2n) is 7.56. The molecular formula is C26H25ClN4O2. The highest BCUT2D eigenvalue weighted by Crippen LogP contribution is 2.23. The van der Waals surface area contributed by atoms with Gasteiger partial charge in [0.2, 0.25) is 5.96 Å². The summed E-state index contributed by atoms with van der Waals surface area (Å²) in [6.45, 7) is 2.41. The lowest BCUT2D eigenvalue weighted by molar-refractivity contribution is 0.0977. The quantitative estimate of drug-likeness (QED) is 0.259. The third kappa shape index (κ3) is 5.35. The molecule has 0 fully saturated rings. The molecule has 7 heteroatoms. The van der Waals surface area contributed by atoms with E-state index in [0.717, 1.165) is 23.2 Å². The number of ether oxygens (including phenoxy) is 1. The number of rotatable bonds is 6. The molecule has 1 heterocycles. The smallest absolute Gasteiger partial charge is 0.257 e. The maximum Gasteiger partial charge on any atom is 0.257 e. The van der Waals surface area contributed by atoms with Crippen molar-refractivity contribution in [3.05, 3.63) is 94.6 Å². The van der Waals surface area contributed by atoms with E-state index < -0.39 is 0 Å². The molecule has 4 aromatic rings. The number of benzene rings is 3. The Morgan fingerprint density at radius 1 is 1.06 bits per heavy atom. The van der Waals surface area contributed by atoms with Gasteiger partial charge >= 0.3 is 0 Å². The summed E-state index contributed by atoms with van der Waals surface area (Å²) < 4.78 is 5.17. The predicted octanol–water partition coefficient (Wildman–Crippen LogP) is 5.58. The van der Waals surface area contributed by atoms with Gasteiger partial charge in [-0.1, -0.05) is 35.9 Å². The Kier molecular flexibility index (Phi) is 6.95. The highest BCUT2D eigenvalue weighted by Gasteiger charge is 2.12. The fourth-order valence-electron chi connectivity index (χ4n) is 3.53. The van der Waals surface area contributed by atoms with E-state index in [0.29, 0.717) is 28.8 Å². The number of para-hydroxylation sites is 1. The highest BCUT2D eigenvalue weighted by atomic mass is 35.5. The van der Waals surface area contributed by atoms with Gasteiger partial charge in [0, 0.05) is 39.9 Å². The minimum absolute atomic E-state index is 0.268. The molecule has 0 bridgehead atoms. The number of fused-ring (bicyclic) bond motifs is 1. The number of guanidine groups is 1. The topological polar surface area (TPSA) is 78.5 Å². The van der Waals surface area contributed by atoms with E-state index in [1.54, 1.807) is 31.4 Å². The van der Waals surface area contributed by atoms with Crippen molar-refractivity contribution in [1.82, 2.24) is 10.3 Å². The first-order chi connectivity index (χ1) is 16.0. The fraction of sp³-hybridized carbons (Fsp3) is 0.154. The first-order valence-corrected chi connectivity index (χ1v) is 11.0. The van der Waals surface area contributed by atoms with Crippen molar-refractivity contribution < 1.29 is 9.53 Å². The Morgan fingerprint density at radius 2 is 1.85 bits per heavy atom. The molecule has 0 unspecified atom stereocenters. The van der Waals surface area contributed by atoms with Crippen LogP contribution in [0.4, 0.5) is 5.69 Å². The first-order valence-electron chi connectivity index (χ1n) is 10.6. The van der Waals surface area contributed by atoms with Crippen LogP contribution in [0.2, 0.25) is 5.02 Å². The lowest BCUT2D eigenvalue weighted by atomic mass is 10.1. The van der Waals surface area contributed by atoms with Crippen molar-refractivity contribution >= 4 is 40.1 Å². The Labute approximate surface area is 197 Å². The number of hydrogen-bond donors (Lipinski definition) is 3. The Hall–Kier alpha value is -3.77. The molecular weight excluding hydrogens is 436 g/mol. The molecule has 0 aliphatic rings. The summed E-state index contributed by atoms with van der Waals surface area (Å²) in [6, 6.07) is 20.7. The summed E-state index contributed by atoms with van der Waals surface area (Å²) >= 11 is 6.27. The van der Waals surface area contributed by atoms with Crippen LogP contribution in [-0.4, -0.2) is 30.5 Å². The zero-order valence-electron chi connectivity index (χ0n) is 18.5. The van der Waals surface area contributed by atoms with Gasteiger partial charge in [-0.15, -0.1) is 0 Å². The average Bonchev–Trinajstić information content (AvgIpc) is 3.25. The van der Waals surface area contributed by atoms with Crippen LogP contribution in [-0.2, 0) is 6.42 Å². The number of nitrogens with zero attached hydrogens (tertiary/aromatic N) is 1. The van der Waals surface area contributed by atoms with Gasteiger partial charge in [0.15, 0.2) is 0 Å². The van der Waals surface area contributed by atoms with Crippen LogP contribution in [0.1, 0.15) is 21.5 Å². The third-order valence-electron chi connectivity index (χ3n) is 5.43. The van der Waals surface area contributed by atoms with Gasteiger partial charge in [0.1, 0.15) is 5.75 Å². The third-order valence-corrected chi connectivity index (χ3v) is 5.84. The summed E-state index contributed by atoms with van der Waals surface area (Å²) in [6.07, 6.45) is 2.73. The first kappa shape index (κ1) is 22.4. The molecule has 0 saturated carbocycles. The maximum atomic E-state index is 12.9. The lowest BCUT2D eigenvalue weighted by Gasteiger charge is -2.14. The van der Waals surface area contributed by atoms with Crippen LogP contribution in [0.15, 0.2) is 77.9 Å². The fourth-order valence-corrected chi connectivity index (χ4v) is 3.70. The summed E-state index contributed by atoms with van der Waals surface area (Å²) in [5, 5.41) is 7.94. The van der Waals surface area contributed by atoms with E-state index in [4.69, 9.17) is 16.3 Å². The highest BCUT2D eigenvalue weighted by molar-refractivity contribution is 6.31. The number of aromatic amines is 1. The van der Waals surface area contributed by atoms with E-state index in [1.807, 2.05) is 49.5 Å². The lowest BCUT2D eigenvalue weighted by Crippen LogP contribution is -2.36. The summed E-state index contributed by atoms with van der Waals surface area (Å²) in [5.74, 6) is 0.781. The molecule has 3 aromatic carbocycles. The van der Waals surface area contributed by atoms with Crippen molar-refractivity contribution in [1.29, 1.82) is 0 Å². The van der Waals surface area contributed by atoms with Crippen molar-refractivity contribution in [3.63, 3.8) is 0 Å². The van der Waals surface area contributed by atoms with Gasteiger partial charge in [-0.05, 0) is 66.9 Å². The van der Waals surface area contributed by atoms with Crippen molar-refractivity contribution in [2.24, 2.45) is 4.99 Å². The number of anilines is 1. The largest absolute Gasteiger partial charge is 0.497 e. The molecule has 0 aliphatic heterocycles. The molecule has 33 heavy (non-hydrogen) atoms. The van der Waals surface area contributed by atoms with Crippen molar-refractivity contribution in [2.45, 2.75) is 13.3 Å². The predicted molar refractivity (Wildman–Crippen MR) is 135 cm³/mol. The van der Waals surface area contributed by atoms with Crippen molar-refractivity contribution in [3.8, 4) is 5.75 Å². The molecule has 3 N–H and O–H groups in total. The number of aromatic nitrogens is 1. The van der Waals surface area contributed by atoms with Crippen LogP contribution in [0, 0.1) is 6.92 Å². The second kappa shape index (κ2) is 10.2. The molecule has 0 radical (unpaired) electrons. The molecule has 0 atom stereocenters. The van der Waals surface area contributed by atoms with Gasteiger partial charge < -0.3 is 15.0 Å². The van der Waals surface area contributed by atoms with Crippen LogP contribution < -0.4 is 15.4 Å². The molecule has 0 spiro atoms. The number of methoxy groups -OCH3 is 1. The molecule has 168 valence electrons. The maximum absolute atomic E-state index is 12.9. The number of amides is 1. The molecule has 4 rings (SSSR count). The number of halogens is 1. The van der Waals surface area contributed by atoms with E-state index in [9.17, 15) is 4.79 Å². The standard InChI is InChI=1S/C26H25ClN4O2/c1-17-22(27)7-5-9-23(17)30-26(31-25(32)18-10-12-20(33-2)13-11-18)28-15-14-19-16-29-24-8-4-3-6-21(19)24/h3-13,16,29H,14-15H2,1-2H3,(H2,28,30,31,32). The minimum Gasteiger partial charge on any atom is -0.497 e. The second-order valence-corrected chi connectivity index (χ2v) is 7.97. The minimum atomic E-state index is -0.268. The van der Waals surface area contributed by atoms with E-state index in [2.05, 4.69) is 26.7 Å². The Balaban J connectivity index is 1.54. The normalized spacial score (nSPS) is 11.4. The number of aliphatic imine (C=N–C) groups is 1.